The quantitative estimate of drug-likeness (QED) is 0.246. The molecule has 3 N–H and O–H groups in total. The van der Waals surface area contributed by atoms with Crippen molar-refractivity contribution in [2.24, 2.45) is 56.7 Å². The van der Waals surface area contributed by atoms with E-state index in [0.29, 0.717) is 48.2 Å². The Hall–Kier alpha value is -2.44. The first-order valence-corrected chi connectivity index (χ1v) is 20.6. The number of aliphatic hydroxyl groups excluding tert-OH is 1. The molecule has 7 rings (SSSR count). The molecule has 276 valence electrons. The van der Waals surface area contributed by atoms with Crippen LogP contribution in [-0.2, 0) is 17.9 Å². The van der Waals surface area contributed by atoms with Crippen LogP contribution in [0.4, 0.5) is 0 Å². The highest BCUT2D eigenvalue weighted by Gasteiger charge is 2.71. The van der Waals surface area contributed by atoms with Gasteiger partial charge in [0.1, 0.15) is 0 Å². The number of carbonyl (C=O) groups excluding carboxylic acids is 2. The molecule has 0 radical (unpaired) electrons. The molecule has 9 unspecified atom stereocenters. The van der Waals surface area contributed by atoms with Crippen molar-refractivity contribution in [3.63, 3.8) is 0 Å². The summed E-state index contributed by atoms with van der Waals surface area (Å²) < 4.78 is 0.988. The third-order valence-corrected chi connectivity index (χ3v) is 17.0. The summed E-state index contributed by atoms with van der Waals surface area (Å²) in [6.45, 7) is 20.1. The van der Waals surface area contributed by atoms with E-state index < -0.39 is 0 Å². The number of amides is 2. The molecular formula is C45H61BrN2O3. The Bertz CT molecular complexity index is 1700. The van der Waals surface area contributed by atoms with E-state index in [9.17, 15) is 14.7 Å². The molecule has 5 saturated carbocycles. The standard InChI is InChI=1S/C45H61BrN2O3/c1-28(2)33-16-21-45(40(51)48-27-29-10-8-12-31(24-29)39(50)47-26-30-11-9-13-32(46)25-30)23-22-43(6)34(38(33)45)14-15-36-42(5)19-18-37(49)41(3,4)35(42)17-20-44(36,43)7/h8-13,24-25,33-38,49H,1,14-23,26-27H2,2-7H3,(H,47,50)(H,48,51)/t33?,34?,35?,36?,37?,38?,42?,43-,44?,45?/m1/s1. The molecule has 2 amide bonds. The van der Waals surface area contributed by atoms with E-state index in [2.05, 4.69) is 74.7 Å². The van der Waals surface area contributed by atoms with Gasteiger partial charge in [-0.2, -0.15) is 0 Å². The summed E-state index contributed by atoms with van der Waals surface area (Å²) in [5.74, 6) is 2.43. The van der Waals surface area contributed by atoms with Crippen LogP contribution in [-0.4, -0.2) is 23.0 Å². The molecule has 0 spiro atoms. The Morgan fingerprint density at radius 1 is 0.804 bits per heavy atom. The number of rotatable bonds is 7. The number of halogens is 1. The van der Waals surface area contributed by atoms with Gasteiger partial charge in [-0.15, -0.1) is 0 Å². The lowest BCUT2D eigenvalue weighted by molar-refractivity contribution is -0.246. The Morgan fingerprint density at radius 2 is 1.51 bits per heavy atom. The van der Waals surface area contributed by atoms with Gasteiger partial charge in [-0.3, -0.25) is 9.59 Å². The number of hydrogen-bond acceptors (Lipinski definition) is 3. The van der Waals surface area contributed by atoms with Gasteiger partial charge in [0.05, 0.1) is 11.5 Å². The fourth-order valence-corrected chi connectivity index (χ4v) is 14.1. The SMILES string of the molecule is C=C(C)C1CCC2(C(=O)NCc3cccc(C(=O)NCc4cccc(Br)c4)c3)CC[C@]3(C)C(CCC4C5(C)CCC(O)C(C)(C)C5CCC43C)C12. The largest absolute Gasteiger partial charge is 0.393 e. The van der Waals surface area contributed by atoms with E-state index >= 15 is 0 Å². The molecule has 0 heterocycles. The van der Waals surface area contributed by atoms with Crippen molar-refractivity contribution < 1.29 is 14.7 Å². The summed E-state index contributed by atoms with van der Waals surface area (Å²) >= 11 is 3.50. The predicted octanol–water partition coefficient (Wildman–Crippen LogP) is 10.0. The molecular weight excluding hydrogens is 696 g/mol. The van der Waals surface area contributed by atoms with Gasteiger partial charge in [-0.05, 0) is 158 Å². The Labute approximate surface area is 315 Å². The molecule has 10 atom stereocenters. The molecule has 0 bridgehead atoms. The normalized spacial score (nSPS) is 39.5. The van der Waals surface area contributed by atoms with Crippen LogP contribution in [0.5, 0.6) is 0 Å². The average Bonchev–Trinajstić information content (AvgIpc) is 3.50. The number of nitrogens with one attached hydrogen (secondary N) is 2. The van der Waals surface area contributed by atoms with Crippen LogP contribution in [0.2, 0.25) is 0 Å². The highest BCUT2D eigenvalue weighted by atomic mass is 79.9. The number of benzene rings is 2. The third-order valence-electron chi connectivity index (χ3n) is 16.5. The molecule has 5 nitrogen and oxygen atoms in total. The minimum atomic E-state index is -0.381. The maximum atomic E-state index is 14.7. The van der Waals surface area contributed by atoms with Gasteiger partial charge in [0, 0.05) is 23.1 Å². The predicted molar refractivity (Wildman–Crippen MR) is 209 cm³/mol. The molecule has 0 aliphatic heterocycles. The van der Waals surface area contributed by atoms with Gasteiger partial charge in [-0.1, -0.05) is 87.0 Å². The van der Waals surface area contributed by atoms with Crippen LogP contribution in [0.3, 0.4) is 0 Å². The Kier molecular flexibility index (Phi) is 9.51. The second-order valence-corrected chi connectivity index (χ2v) is 19.8. The molecule has 51 heavy (non-hydrogen) atoms. The average molecular weight is 758 g/mol. The van der Waals surface area contributed by atoms with Gasteiger partial charge in [0.2, 0.25) is 5.91 Å². The molecule has 0 saturated heterocycles. The smallest absolute Gasteiger partial charge is 0.251 e. The van der Waals surface area contributed by atoms with Crippen LogP contribution in [0.15, 0.2) is 65.2 Å². The van der Waals surface area contributed by atoms with Crippen molar-refractivity contribution >= 4 is 27.7 Å². The molecule has 5 aliphatic rings. The second kappa shape index (κ2) is 13.1. The lowest BCUT2D eigenvalue weighted by Gasteiger charge is -2.72. The van der Waals surface area contributed by atoms with Gasteiger partial charge < -0.3 is 15.7 Å². The van der Waals surface area contributed by atoms with Gasteiger partial charge in [-0.25, -0.2) is 0 Å². The van der Waals surface area contributed by atoms with E-state index in [4.69, 9.17) is 0 Å². The zero-order valence-electron chi connectivity index (χ0n) is 31.9. The van der Waals surface area contributed by atoms with Gasteiger partial charge in [0.15, 0.2) is 0 Å². The van der Waals surface area contributed by atoms with E-state index in [0.717, 1.165) is 54.1 Å². The highest BCUT2D eigenvalue weighted by molar-refractivity contribution is 9.10. The Morgan fingerprint density at radius 3 is 2.24 bits per heavy atom. The summed E-state index contributed by atoms with van der Waals surface area (Å²) in [6.07, 6.45) is 10.6. The van der Waals surface area contributed by atoms with Crippen molar-refractivity contribution in [3.8, 4) is 0 Å². The van der Waals surface area contributed by atoms with Crippen molar-refractivity contribution in [2.75, 3.05) is 0 Å². The zero-order valence-corrected chi connectivity index (χ0v) is 33.5. The first-order valence-electron chi connectivity index (χ1n) is 19.8. The zero-order chi connectivity index (χ0) is 36.6. The molecule has 5 fully saturated rings. The maximum Gasteiger partial charge on any atom is 0.251 e. The van der Waals surface area contributed by atoms with E-state index in [1.807, 2.05) is 48.5 Å². The summed E-state index contributed by atoms with van der Waals surface area (Å²) in [5, 5.41) is 17.6. The summed E-state index contributed by atoms with van der Waals surface area (Å²) in [7, 11) is 0. The highest BCUT2D eigenvalue weighted by Crippen LogP contribution is 2.77. The summed E-state index contributed by atoms with van der Waals surface area (Å²) in [5.41, 5.74) is 4.00. The van der Waals surface area contributed by atoms with Crippen molar-refractivity contribution in [3.05, 3.63) is 81.8 Å². The molecule has 5 aliphatic carbocycles. The summed E-state index contributed by atoms with van der Waals surface area (Å²) in [4.78, 5) is 27.8. The van der Waals surface area contributed by atoms with Crippen LogP contribution in [0, 0.1) is 56.7 Å². The lowest BCUT2D eigenvalue weighted by atomic mass is 9.32. The topological polar surface area (TPSA) is 78.4 Å². The number of aliphatic hydroxyl groups is 1. The van der Waals surface area contributed by atoms with Gasteiger partial charge >= 0.3 is 0 Å². The van der Waals surface area contributed by atoms with Crippen molar-refractivity contribution in [1.82, 2.24) is 10.6 Å². The number of fused-ring (bicyclic) bond motifs is 7. The third kappa shape index (κ3) is 5.79. The first kappa shape index (κ1) is 36.9. The maximum absolute atomic E-state index is 14.7. The number of hydrogen-bond donors (Lipinski definition) is 3. The first-order chi connectivity index (χ1) is 24.1. The monoisotopic (exact) mass is 756 g/mol. The van der Waals surface area contributed by atoms with Crippen molar-refractivity contribution in [1.29, 1.82) is 0 Å². The second-order valence-electron chi connectivity index (χ2n) is 18.9. The molecule has 2 aromatic carbocycles. The van der Waals surface area contributed by atoms with E-state index in [1.54, 1.807) is 0 Å². The molecule has 6 heteroatoms. The van der Waals surface area contributed by atoms with E-state index in [1.165, 1.54) is 31.3 Å². The van der Waals surface area contributed by atoms with Crippen LogP contribution < -0.4 is 10.6 Å². The number of carbonyl (C=O) groups is 2. The number of allylic oxidation sites excluding steroid dienone is 1. The minimum absolute atomic E-state index is 0.0501. The fourth-order valence-electron chi connectivity index (χ4n) is 13.6. The molecule has 0 aromatic heterocycles. The molecule has 2 aromatic rings. The van der Waals surface area contributed by atoms with E-state index in [-0.39, 0.29) is 45.0 Å². The summed E-state index contributed by atoms with van der Waals surface area (Å²) in [6, 6.07) is 15.6. The van der Waals surface area contributed by atoms with Crippen LogP contribution in [0.25, 0.3) is 0 Å². The Balaban J connectivity index is 1.10. The van der Waals surface area contributed by atoms with Crippen molar-refractivity contribution in [2.45, 2.75) is 125 Å². The fraction of sp³-hybridized carbons (Fsp3) is 0.644. The lowest BCUT2D eigenvalue weighted by Crippen LogP contribution is -2.67. The van der Waals surface area contributed by atoms with Gasteiger partial charge in [0.25, 0.3) is 5.91 Å². The minimum Gasteiger partial charge on any atom is -0.393 e. The van der Waals surface area contributed by atoms with Crippen LogP contribution >= 0.6 is 15.9 Å². The van der Waals surface area contributed by atoms with Crippen LogP contribution in [0.1, 0.15) is 127 Å².